The molecular formula is C17H30N3O2S3+. The van der Waals surface area contributed by atoms with Gasteiger partial charge in [0, 0.05) is 0 Å². The highest BCUT2D eigenvalue weighted by atomic mass is 32.3. The van der Waals surface area contributed by atoms with Crippen LogP contribution < -0.4 is 4.13 Å². The number of thiocarbonyl (C=S) groups is 1. The predicted octanol–water partition coefficient (Wildman–Crippen LogP) is 2.23. The third kappa shape index (κ3) is 6.30. The summed E-state index contributed by atoms with van der Waals surface area (Å²) >= 11 is 6.76. The number of nitrogens with two attached hydrogens (primary N) is 1. The number of primary sulfonamides is 1. The van der Waals surface area contributed by atoms with Gasteiger partial charge in [0.25, 0.3) is 0 Å². The highest BCUT2D eigenvalue weighted by molar-refractivity contribution is 8.21. The van der Waals surface area contributed by atoms with Gasteiger partial charge in [0.15, 0.2) is 0 Å². The van der Waals surface area contributed by atoms with Gasteiger partial charge in [-0.15, -0.1) is 0 Å². The number of hydrogen-bond donors (Lipinski definition) is 1. The quantitative estimate of drug-likeness (QED) is 0.367. The minimum Gasteiger partial charge on any atom is -0.283 e. The Morgan fingerprint density at radius 3 is 1.88 bits per heavy atom. The number of aryl methyl sites for hydroxylation is 1. The Balaban J connectivity index is 2.90. The van der Waals surface area contributed by atoms with Crippen LogP contribution in [-0.2, 0) is 10.0 Å². The first-order valence-electron chi connectivity index (χ1n) is 8.64. The van der Waals surface area contributed by atoms with Crippen LogP contribution in [-0.4, -0.2) is 54.8 Å². The molecular weight excluding hydrogens is 374 g/mol. The SMILES string of the molecule is CCN(CC)C(C(=S)S[NH2+]S(=O)(=O)c1ccc(C)cc1)N(CC)CC. The Bertz CT molecular complexity index is 628. The van der Waals surface area contributed by atoms with E-state index in [0.717, 1.165) is 43.7 Å². The van der Waals surface area contributed by atoms with Crippen molar-refractivity contribution < 1.29 is 12.5 Å². The Labute approximate surface area is 162 Å². The molecule has 0 saturated heterocycles. The van der Waals surface area contributed by atoms with E-state index in [4.69, 9.17) is 12.2 Å². The normalized spacial score (nSPS) is 12.3. The first-order valence-corrected chi connectivity index (χ1v) is 11.5. The zero-order valence-electron chi connectivity index (χ0n) is 15.7. The molecule has 0 heterocycles. The molecule has 0 saturated carbocycles. The average molecular weight is 405 g/mol. The van der Waals surface area contributed by atoms with Crippen LogP contribution in [0, 0.1) is 6.92 Å². The van der Waals surface area contributed by atoms with Crippen molar-refractivity contribution in [3.63, 3.8) is 0 Å². The molecule has 0 aliphatic heterocycles. The molecule has 0 aromatic heterocycles. The first-order chi connectivity index (χ1) is 11.8. The second-order valence-electron chi connectivity index (χ2n) is 5.71. The summed E-state index contributed by atoms with van der Waals surface area (Å²) in [7, 11) is -3.47. The van der Waals surface area contributed by atoms with Crippen LogP contribution in [0.5, 0.6) is 0 Å². The summed E-state index contributed by atoms with van der Waals surface area (Å²) in [4.78, 5) is 4.82. The van der Waals surface area contributed by atoms with Crippen molar-refractivity contribution in [3.05, 3.63) is 29.8 Å². The maximum Gasteiger partial charge on any atom is 0.335 e. The van der Waals surface area contributed by atoms with E-state index >= 15 is 0 Å². The lowest BCUT2D eigenvalue weighted by Gasteiger charge is -2.37. The smallest absolute Gasteiger partial charge is 0.283 e. The Morgan fingerprint density at radius 2 is 1.48 bits per heavy atom. The Kier molecular flexibility index (Phi) is 9.55. The molecule has 2 N–H and O–H groups in total. The van der Waals surface area contributed by atoms with Gasteiger partial charge in [-0.1, -0.05) is 57.6 Å². The van der Waals surface area contributed by atoms with Crippen molar-refractivity contribution in [2.45, 2.75) is 45.7 Å². The zero-order chi connectivity index (χ0) is 19.0. The summed E-state index contributed by atoms with van der Waals surface area (Å²) in [6.45, 7) is 13.8. The van der Waals surface area contributed by atoms with Crippen LogP contribution in [0.15, 0.2) is 29.2 Å². The number of sulfonamides is 1. The molecule has 0 atom stereocenters. The molecule has 0 amide bonds. The van der Waals surface area contributed by atoms with E-state index in [-0.39, 0.29) is 6.17 Å². The number of hydrogen-bond acceptors (Lipinski definition) is 6. The fourth-order valence-electron chi connectivity index (χ4n) is 2.62. The molecule has 1 aromatic carbocycles. The van der Waals surface area contributed by atoms with Crippen molar-refractivity contribution in [1.29, 1.82) is 0 Å². The van der Waals surface area contributed by atoms with Crippen molar-refractivity contribution in [2.75, 3.05) is 26.2 Å². The maximum absolute atomic E-state index is 12.5. The highest BCUT2D eigenvalue weighted by Gasteiger charge is 2.30. The minimum absolute atomic E-state index is 0.0468. The van der Waals surface area contributed by atoms with Gasteiger partial charge >= 0.3 is 10.0 Å². The molecule has 1 rings (SSSR count). The van der Waals surface area contributed by atoms with E-state index < -0.39 is 10.0 Å². The molecule has 0 aliphatic rings. The molecule has 0 bridgehead atoms. The lowest BCUT2D eigenvalue weighted by molar-refractivity contribution is -0.288. The lowest BCUT2D eigenvalue weighted by Crippen LogP contribution is -2.80. The summed E-state index contributed by atoms with van der Waals surface area (Å²) in [5.41, 5.74) is 1.03. The number of rotatable bonds is 10. The molecule has 0 fully saturated rings. The van der Waals surface area contributed by atoms with E-state index in [2.05, 4.69) is 37.5 Å². The summed E-state index contributed by atoms with van der Waals surface area (Å²) in [5.74, 6) is 0. The van der Waals surface area contributed by atoms with E-state index in [1.54, 1.807) is 24.3 Å². The molecule has 142 valence electrons. The van der Waals surface area contributed by atoms with Gasteiger partial charge in [-0.05, 0) is 45.2 Å². The standard InChI is InChI=1S/C17H29N3O2S3/c1-6-19(7-2)16(20(8-3)9-4)17(23)24-18-25(21,22)15-12-10-14(5)11-13-15/h10-13,16,18H,6-9H2,1-5H3/p+1. The Morgan fingerprint density at radius 1 is 1.04 bits per heavy atom. The van der Waals surface area contributed by atoms with E-state index in [1.807, 2.05) is 6.92 Å². The van der Waals surface area contributed by atoms with Crippen LogP contribution in [0.4, 0.5) is 0 Å². The van der Waals surface area contributed by atoms with Gasteiger partial charge in [-0.3, -0.25) is 9.80 Å². The topological polar surface area (TPSA) is 57.2 Å². The van der Waals surface area contributed by atoms with Crippen LogP contribution in [0.3, 0.4) is 0 Å². The van der Waals surface area contributed by atoms with Crippen molar-refractivity contribution in [2.24, 2.45) is 0 Å². The van der Waals surface area contributed by atoms with E-state index in [1.165, 1.54) is 4.13 Å². The second kappa shape index (κ2) is 10.6. The maximum atomic E-state index is 12.5. The van der Waals surface area contributed by atoms with Gasteiger partial charge in [-0.2, -0.15) is 12.5 Å². The molecule has 0 unspecified atom stereocenters. The fraction of sp³-hybridized carbons (Fsp3) is 0.588. The minimum atomic E-state index is -3.47. The van der Waals surface area contributed by atoms with Crippen LogP contribution in [0.1, 0.15) is 33.3 Å². The van der Waals surface area contributed by atoms with Crippen LogP contribution in [0.25, 0.3) is 0 Å². The van der Waals surface area contributed by atoms with Crippen LogP contribution >= 0.6 is 24.2 Å². The molecule has 0 aliphatic carbocycles. The Hall–Kier alpha value is -0.510. The van der Waals surface area contributed by atoms with Gasteiger partial charge < -0.3 is 0 Å². The third-order valence-electron chi connectivity index (χ3n) is 4.17. The molecule has 0 radical (unpaired) electrons. The van der Waals surface area contributed by atoms with Gasteiger partial charge in [-0.25, -0.2) is 0 Å². The fourth-order valence-corrected chi connectivity index (χ4v) is 5.54. The van der Waals surface area contributed by atoms with Crippen molar-refractivity contribution >= 4 is 38.4 Å². The first kappa shape index (κ1) is 22.5. The van der Waals surface area contributed by atoms with Gasteiger partial charge in [0.05, 0.1) is 0 Å². The predicted molar refractivity (Wildman–Crippen MR) is 110 cm³/mol. The third-order valence-corrected chi connectivity index (χ3v) is 7.44. The monoisotopic (exact) mass is 404 g/mol. The van der Waals surface area contributed by atoms with Crippen LogP contribution in [0.2, 0.25) is 0 Å². The number of benzene rings is 1. The molecule has 5 nitrogen and oxygen atoms in total. The largest absolute Gasteiger partial charge is 0.335 e. The average Bonchev–Trinajstić information content (AvgIpc) is 2.60. The second-order valence-corrected chi connectivity index (χ2v) is 9.41. The summed E-state index contributed by atoms with van der Waals surface area (Å²) < 4.78 is 27.0. The van der Waals surface area contributed by atoms with Gasteiger partial charge in [0.2, 0.25) is 0 Å². The van der Waals surface area contributed by atoms with Crippen molar-refractivity contribution in [1.82, 2.24) is 9.80 Å². The van der Waals surface area contributed by atoms with Crippen molar-refractivity contribution in [3.8, 4) is 0 Å². The summed E-state index contributed by atoms with van der Waals surface area (Å²) in [6.07, 6.45) is -0.0468. The molecule has 0 spiro atoms. The van der Waals surface area contributed by atoms with E-state index in [0.29, 0.717) is 9.09 Å². The molecule has 8 heteroatoms. The van der Waals surface area contributed by atoms with E-state index in [9.17, 15) is 8.42 Å². The summed E-state index contributed by atoms with van der Waals surface area (Å²) in [6, 6.07) is 6.88. The number of quaternary nitrogens is 1. The molecule has 25 heavy (non-hydrogen) atoms. The number of nitrogens with zero attached hydrogens (tertiary/aromatic N) is 2. The zero-order valence-corrected chi connectivity index (χ0v) is 18.2. The lowest BCUT2D eigenvalue weighted by atomic mass is 10.2. The van der Waals surface area contributed by atoms with Gasteiger partial charge in [0.1, 0.15) is 27.2 Å². The highest BCUT2D eigenvalue weighted by Crippen LogP contribution is 2.15. The molecule has 1 aromatic rings. The summed E-state index contributed by atoms with van der Waals surface area (Å²) in [5, 5.41) is 0.